The summed E-state index contributed by atoms with van der Waals surface area (Å²) in [5.74, 6) is 0.555. The van der Waals surface area contributed by atoms with Crippen LogP contribution in [0.25, 0.3) is 0 Å². The molecule has 0 atom stereocenters. The second-order valence-electron chi connectivity index (χ2n) is 6.72. The smallest absolute Gasteiger partial charge is 0.194 e. The first-order valence-electron chi connectivity index (χ1n) is 8.36. The van der Waals surface area contributed by atoms with E-state index in [0.717, 1.165) is 4.47 Å². The minimum Gasteiger partial charge on any atom is -0.357 e. The molecule has 1 aromatic carbocycles. The maximum absolute atomic E-state index is 13.8. The van der Waals surface area contributed by atoms with Crippen LogP contribution in [0.2, 0.25) is 0 Å². The van der Waals surface area contributed by atoms with Gasteiger partial charge < -0.3 is 10.2 Å². The van der Waals surface area contributed by atoms with Gasteiger partial charge in [-0.25, -0.2) is 12.8 Å². The number of guanidine groups is 1. The van der Waals surface area contributed by atoms with Crippen LogP contribution in [-0.2, 0) is 16.3 Å². The third-order valence-corrected chi connectivity index (χ3v) is 7.35. The van der Waals surface area contributed by atoms with Gasteiger partial charge in [0.1, 0.15) is 5.82 Å². The Balaban J connectivity index is 2.10. The standard InChI is InChI=1S/C17H25BrFN3O2S/c1-4-20-16(22-9-10-25(23,24)17(2,3)12-22)21-8-7-13-11-14(18)5-6-15(13)19/h5-6,11H,4,7-10,12H2,1-3H3,(H,20,21). The van der Waals surface area contributed by atoms with Crippen LogP contribution in [0, 0.1) is 5.82 Å². The minimum atomic E-state index is -3.10. The quantitative estimate of drug-likeness (QED) is 0.585. The van der Waals surface area contributed by atoms with Crippen molar-refractivity contribution in [3.8, 4) is 0 Å². The van der Waals surface area contributed by atoms with E-state index in [1.54, 1.807) is 26.0 Å². The lowest BCUT2D eigenvalue weighted by Crippen LogP contribution is -2.57. The maximum Gasteiger partial charge on any atom is 0.194 e. The Morgan fingerprint density at radius 1 is 1.44 bits per heavy atom. The van der Waals surface area contributed by atoms with Gasteiger partial charge in [0.05, 0.1) is 10.5 Å². The van der Waals surface area contributed by atoms with Crippen LogP contribution in [0.15, 0.2) is 27.7 Å². The SMILES string of the molecule is CCNC(=NCCc1cc(Br)ccc1F)N1CCS(=O)(=O)C(C)(C)C1. The van der Waals surface area contributed by atoms with E-state index in [-0.39, 0.29) is 11.6 Å². The Labute approximate surface area is 157 Å². The van der Waals surface area contributed by atoms with Crippen molar-refractivity contribution in [2.45, 2.75) is 31.9 Å². The largest absolute Gasteiger partial charge is 0.357 e. The Bertz CT molecular complexity index is 750. The van der Waals surface area contributed by atoms with Crippen LogP contribution < -0.4 is 5.32 Å². The number of hydrogen-bond donors (Lipinski definition) is 1. The van der Waals surface area contributed by atoms with Crippen LogP contribution in [0.5, 0.6) is 0 Å². The van der Waals surface area contributed by atoms with Crippen molar-refractivity contribution in [3.63, 3.8) is 0 Å². The Morgan fingerprint density at radius 3 is 2.80 bits per heavy atom. The Hall–Kier alpha value is -1.15. The van der Waals surface area contributed by atoms with Crippen molar-refractivity contribution in [2.24, 2.45) is 4.99 Å². The zero-order chi connectivity index (χ0) is 18.7. The molecule has 5 nitrogen and oxygen atoms in total. The van der Waals surface area contributed by atoms with Crippen molar-refractivity contribution < 1.29 is 12.8 Å². The highest BCUT2D eigenvalue weighted by Crippen LogP contribution is 2.23. The second kappa shape index (κ2) is 8.03. The van der Waals surface area contributed by atoms with E-state index in [2.05, 4.69) is 26.2 Å². The summed E-state index contributed by atoms with van der Waals surface area (Å²) in [7, 11) is -3.10. The molecular formula is C17H25BrFN3O2S. The lowest BCUT2D eigenvalue weighted by molar-refractivity contribution is 0.353. The summed E-state index contributed by atoms with van der Waals surface area (Å²) in [5.41, 5.74) is 0.607. The Kier molecular flexibility index (Phi) is 6.48. The highest BCUT2D eigenvalue weighted by atomic mass is 79.9. The number of hydrogen-bond acceptors (Lipinski definition) is 3. The van der Waals surface area contributed by atoms with Crippen LogP contribution >= 0.6 is 15.9 Å². The third kappa shape index (κ3) is 4.94. The highest BCUT2D eigenvalue weighted by molar-refractivity contribution is 9.10. The number of sulfone groups is 1. The molecule has 0 saturated carbocycles. The van der Waals surface area contributed by atoms with Gasteiger partial charge in [0.25, 0.3) is 0 Å². The van der Waals surface area contributed by atoms with Crippen molar-refractivity contribution >= 4 is 31.7 Å². The summed E-state index contributed by atoms with van der Waals surface area (Å²) < 4.78 is 38.2. The Morgan fingerprint density at radius 2 is 2.16 bits per heavy atom. The lowest BCUT2D eigenvalue weighted by atomic mass is 10.1. The van der Waals surface area contributed by atoms with Crippen molar-refractivity contribution in [2.75, 3.05) is 31.9 Å². The number of nitrogens with one attached hydrogen (secondary N) is 1. The number of nitrogens with zero attached hydrogens (tertiary/aromatic N) is 2. The topological polar surface area (TPSA) is 61.8 Å². The molecule has 1 fully saturated rings. The van der Waals surface area contributed by atoms with Crippen molar-refractivity contribution in [3.05, 3.63) is 34.1 Å². The summed E-state index contributed by atoms with van der Waals surface area (Å²) in [6.45, 7) is 7.39. The third-order valence-electron chi connectivity index (χ3n) is 4.33. The molecule has 0 aliphatic carbocycles. The first-order chi connectivity index (χ1) is 11.7. The molecule has 140 valence electrons. The molecule has 1 N–H and O–H groups in total. The van der Waals surface area contributed by atoms with Crippen LogP contribution in [0.4, 0.5) is 4.39 Å². The zero-order valence-corrected chi connectivity index (χ0v) is 17.3. The van der Waals surface area contributed by atoms with Gasteiger partial charge in [-0.1, -0.05) is 15.9 Å². The average molecular weight is 434 g/mol. The van der Waals surface area contributed by atoms with E-state index in [4.69, 9.17) is 0 Å². The van der Waals surface area contributed by atoms with Gasteiger partial charge in [0.15, 0.2) is 15.8 Å². The molecule has 25 heavy (non-hydrogen) atoms. The fourth-order valence-electron chi connectivity index (χ4n) is 2.77. The summed E-state index contributed by atoms with van der Waals surface area (Å²) in [4.78, 5) is 6.55. The molecule has 8 heteroatoms. The van der Waals surface area contributed by atoms with Gasteiger partial charge in [0, 0.05) is 30.7 Å². The molecule has 0 unspecified atom stereocenters. The lowest BCUT2D eigenvalue weighted by Gasteiger charge is -2.39. The summed E-state index contributed by atoms with van der Waals surface area (Å²) in [6.07, 6.45) is 0.482. The van der Waals surface area contributed by atoms with Crippen molar-refractivity contribution in [1.29, 1.82) is 0 Å². The van der Waals surface area contributed by atoms with E-state index in [0.29, 0.717) is 44.1 Å². The van der Waals surface area contributed by atoms with E-state index < -0.39 is 14.6 Å². The fraction of sp³-hybridized carbons (Fsp3) is 0.588. The van der Waals surface area contributed by atoms with Gasteiger partial charge in [-0.15, -0.1) is 0 Å². The molecule has 0 aromatic heterocycles. The first-order valence-corrected chi connectivity index (χ1v) is 10.8. The molecule has 1 aliphatic rings. The minimum absolute atomic E-state index is 0.116. The van der Waals surface area contributed by atoms with E-state index in [1.165, 1.54) is 6.07 Å². The van der Waals surface area contributed by atoms with Gasteiger partial charge in [0.2, 0.25) is 0 Å². The van der Waals surface area contributed by atoms with Crippen LogP contribution in [0.1, 0.15) is 26.3 Å². The molecule has 1 aromatic rings. The average Bonchev–Trinajstić information content (AvgIpc) is 2.52. The summed E-state index contributed by atoms with van der Waals surface area (Å²) >= 11 is 3.35. The maximum atomic E-state index is 13.8. The van der Waals surface area contributed by atoms with Gasteiger partial charge >= 0.3 is 0 Å². The highest BCUT2D eigenvalue weighted by Gasteiger charge is 2.40. The second-order valence-corrected chi connectivity index (χ2v) is 10.4. The first kappa shape index (κ1) is 20.2. The molecule has 2 rings (SSSR count). The summed E-state index contributed by atoms with van der Waals surface area (Å²) in [6, 6.07) is 4.86. The predicted molar refractivity (Wildman–Crippen MR) is 103 cm³/mol. The van der Waals surface area contributed by atoms with Gasteiger partial charge in [-0.05, 0) is 51.0 Å². The van der Waals surface area contributed by atoms with E-state index in [1.807, 2.05) is 11.8 Å². The molecule has 0 amide bonds. The zero-order valence-electron chi connectivity index (χ0n) is 14.8. The number of benzene rings is 1. The monoisotopic (exact) mass is 433 g/mol. The molecule has 0 bridgehead atoms. The van der Waals surface area contributed by atoms with Crippen molar-refractivity contribution in [1.82, 2.24) is 10.2 Å². The van der Waals surface area contributed by atoms with E-state index in [9.17, 15) is 12.8 Å². The molecule has 1 saturated heterocycles. The fourth-order valence-corrected chi connectivity index (χ4v) is 4.54. The van der Waals surface area contributed by atoms with Gasteiger partial charge in [-0.3, -0.25) is 4.99 Å². The van der Waals surface area contributed by atoms with Crippen LogP contribution in [-0.4, -0.2) is 56.0 Å². The number of halogens is 2. The van der Waals surface area contributed by atoms with Crippen LogP contribution in [0.3, 0.4) is 0 Å². The number of rotatable bonds is 4. The molecule has 1 heterocycles. The van der Waals surface area contributed by atoms with Gasteiger partial charge in [-0.2, -0.15) is 0 Å². The molecular weight excluding hydrogens is 409 g/mol. The number of aliphatic imine (C=N–C) groups is 1. The molecule has 0 spiro atoms. The molecule has 1 aliphatic heterocycles. The molecule has 0 radical (unpaired) electrons. The predicted octanol–water partition coefficient (Wildman–Crippen LogP) is 2.61. The summed E-state index contributed by atoms with van der Waals surface area (Å²) in [5, 5.41) is 3.21. The normalized spacial score (nSPS) is 19.7. The van der Waals surface area contributed by atoms with E-state index >= 15 is 0 Å².